The number of hydrogen-bond donors (Lipinski definition) is 0. The lowest BCUT2D eigenvalue weighted by Crippen LogP contribution is -2.29. The Bertz CT molecular complexity index is 194. The molecule has 2 unspecified atom stereocenters. The molecule has 2 atom stereocenters. The van der Waals surface area contributed by atoms with E-state index in [1.807, 2.05) is 6.92 Å². The molecular weight excluding hydrogens is 176 g/mol. The summed E-state index contributed by atoms with van der Waals surface area (Å²) in [6, 6.07) is 0. The van der Waals surface area contributed by atoms with Gasteiger partial charge in [-0.15, -0.1) is 0 Å². The van der Waals surface area contributed by atoms with E-state index in [0.29, 0.717) is 11.8 Å². The van der Waals surface area contributed by atoms with Gasteiger partial charge in [-0.1, -0.05) is 40.2 Å². The van der Waals surface area contributed by atoms with E-state index in [1.54, 1.807) is 6.08 Å². The zero-order chi connectivity index (χ0) is 11.1. The Labute approximate surface area is 87.3 Å². The fraction of sp³-hybridized carbons (Fsp3) is 0.750. The van der Waals surface area contributed by atoms with E-state index in [1.165, 1.54) is 6.08 Å². The summed E-state index contributed by atoms with van der Waals surface area (Å²) in [5.74, 6) is 0.565. The van der Waals surface area contributed by atoms with Gasteiger partial charge in [0, 0.05) is 6.08 Å². The van der Waals surface area contributed by atoms with Crippen LogP contribution in [0.4, 0.5) is 0 Å². The van der Waals surface area contributed by atoms with Crippen LogP contribution in [0.3, 0.4) is 0 Å². The predicted molar refractivity (Wildman–Crippen MR) is 59.0 cm³/mol. The minimum absolute atomic E-state index is 0.0312. The standard InChI is InChI=1S/C12H22O2/c1-6-8-11(13)14-12(9(3)4)10(5)7-2/h6,8-10,12H,7H2,1-5H3/b8-6+. The van der Waals surface area contributed by atoms with Gasteiger partial charge in [0.25, 0.3) is 0 Å². The summed E-state index contributed by atoms with van der Waals surface area (Å²) in [7, 11) is 0. The average molecular weight is 198 g/mol. The maximum absolute atomic E-state index is 11.3. The van der Waals surface area contributed by atoms with Crippen molar-refractivity contribution in [3.63, 3.8) is 0 Å². The number of carbonyl (C=O) groups excluding carboxylic acids is 1. The third kappa shape index (κ3) is 4.45. The van der Waals surface area contributed by atoms with E-state index in [2.05, 4.69) is 27.7 Å². The second-order valence-electron chi connectivity index (χ2n) is 4.03. The zero-order valence-corrected chi connectivity index (χ0v) is 9.91. The number of ether oxygens (including phenoxy) is 1. The Morgan fingerprint density at radius 3 is 2.29 bits per heavy atom. The summed E-state index contributed by atoms with van der Waals surface area (Å²) in [5.41, 5.74) is 0. The highest BCUT2D eigenvalue weighted by molar-refractivity contribution is 5.81. The Morgan fingerprint density at radius 2 is 1.93 bits per heavy atom. The quantitative estimate of drug-likeness (QED) is 0.501. The van der Waals surface area contributed by atoms with Crippen molar-refractivity contribution in [1.82, 2.24) is 0 Å². The first kappa shape index (κ1) is 13.2. The molecule has 0 aliphatic heterocycles. The summed E-state index contributed by atoms with van der Waals surface area (Å²) >= 11 is 0. The average Bonchev–Trinajstić information content (AvgIpc) is 2.13. The molecule has 2 heteroatoms. The normalized spacial score (nSPS) is 15.9. The van der Waals surface area contributed by atoms with Gasteiger partial charge in [-0.3, -0.25) is 0 Å². The van der Waals surface area contributed by atoms with Crippen LogP contribution < -0.4 is 0 Å². The minimum atomic E-state index is -0.230. The fourth-order valence-electron chi connectivity index (χ4n) is 1.45. The summed E-state index contributed by atoms with van der Waals surface area (Å²) in [6.07, 6.45) is 4.24. The zero-order valence-electron chi connectivity index (χ0n) is 9.91. The predicted octanol–water partition coefficient (Wildman–Crippen LogP) is 3.18. The lowest BCUT2D eigenvalue weighted by molar-refractivity contribution is -0.148. The monoisotopic (exact) mass is 198 g/mol. The minimum Gasteiger partial charge on any atom is -0.459 e. The molecule has 0 aliphatic carbocycles. The molecule has 0 heterocycles. The van der Waals surface area contributed by atoms with Crippen molar-refractivity contribution in [1.29, 1.82) is 0 Å². The first-order valence-electron chi connectivity index (χ1n) is 5.36. The van der Waals surface area contributed by atoms with Crippen LogP contribution >= 0.6 is 0 Å². The van der Waals surface area contributed by atoms with E-state index >= 15 is 0 Å². The molecule has 0 fully saturated rings. The molecule has 0 saturated carbocycles. The third-order valence-electron chi connectivity index (χ3n) is 2.42. The topological polar surface area (TPSA) is 26.3 Å². The van der Waals surface area contributed by atoms with E-state index in [0.717, 1.165) is 6.42 Å². The molecule has 0 N–H and O–H groups in total. The van der Waals surface area contributed by atoms with Gasteiger partial charge < -0.3 is 4.74 Å². The van der Waals surface area contributed by atoms with Gasteiger partial charge >= 0.3 is 5.97 Å². The Hall–Kier alpha value is -0.790. The van der Waals surface area contributed by atoms with Crippen LogP contribution in [0.2, 0.25) is 0 Å². The highest BCUT2D eigenvalue weighted by Crippen LogP contribution is 2.19. The van der Waals surface area contributed by atoms with E-state index in [4.69, 9.17) is 4.74 Å². The van der Waals surface area contributed by atoms with Crippen molar-refractivity contribution >= 4 is 5.97 Å². The second-order valence-corrected chi connectivity index (χ2v) is 4.03. The largest absolute Gasteiger partial charge is 0.459 e. The van der Waals surface area contributed by atoms with Gasteiger partial charge in [-0.2, -0.15) is 0 Å². The lowest BCUT2D eigenvalue weighted by atomic mass is 9.93. The van der Waals surface area contributed by atoms with Crippen molar-refractivity contribution < 1.29 is 9.53 Å². The molecule has 0 aliphatic rings. The molecule has 2 nitrogen and oxygen atoms in total. The smallest absolute Gasteiger partial charge is 0.330 e. The molecule has 0 spiro atoms. The van der Waals surface area contributed by atoms with Crippen LogP contribution in [0.5, 0.6) is 0 Å². The number of allylic oxidation sites excluding steroid dienone is 1. The molecule has 0 aromatic rings. The number of esters is 1. The maximum atomic E-state index is 11.3. The highest BCUT2D eigenvalue weighted by Gasteiger charge is 2.22. The fourth-order valence-corrected chi connectivity index (χ4v) is 1.45. The van der Waals surface area contributed by atoms with Crippen molar-refractivity contribution in [2.24, 2.45) is 11.8 Å². The molecule has 0 aromatic carbocycles. The molecular formula is C12H22O2. The van der Waals surface area contributed by atoms with E-state index < -0.39 is 0 Å². The van der Waals surface area contributed by atoms with E-state index in [-0.39, 0.29) is 12.1 Å². The number of hydrogen-bond acceptors (Lipinski definition) is 2. The summed E-state index contributed by atoms with van der Waals surface area (Å²) in [6.45, 7) is 10.2. The van der Waals surface area contributed by atoms with Crippen molar-refractivity contribution in [2.75, 3.05) is 0 Å². The van der Waals surface area contributed by atoms with Gasteiger partial charge in [0.15, 0.2) is 0 Å². The molecule has 0 radical (unpaired) electrons. The van der Waals surface area contributed by atoms with Gasteiger partial charge in [-0.05, 0) is 18.8 Å². The van der Waals surface area contributed by atoms with Crippen molar-refractivity contribution in [3.05, 3.63) is 12.2 Å². The molecule has 0 amide bonds. The molecule has 0 aromatic heterocycles. The first-order chi connectivity index (χ1) is 6.52. The molecule has 82 valence electrons. The lowest BCUT2D eigenvalue weighted by Gasteiger charge is -2.26. The Kier molecular flexibility index (Phi) is 6.26. The molecule has 0 rings (SSSR count). The second kappa shape index (κ2) is 6.63. The third-order valence-corrected chi connectivity index (χ3v) is 2.42. The van der Waals surface area contributed by atoms with Crippen LogP contribution in [0, 0.1) is 11.8 Å². The molecule has 14 heavy (non-hydrogen) atoms. The Balaban J connectivity index is 4.30. The summed E-state index contributed by atoms with van der Waals surface area (Å²) < 4.78 is 5.38. The Morgan fingerprint density at radius 1 is 1.36 bits per heavy atom. The molecule has 0 saturated heterocycles. The first-order valence-corrected chi connectivity index (χ1v) is 5.36. The van der Waals surface area contributed by atoms with Gasteiger partial charge in [0.05, 0.1) is 0 Å². The number of carbonyl (C=O) groups is 1. The van der Waals surface area contributed by atoms with E-state index in [9.17, 15) is 4.79 Å². The van der Waals surface area contributed by atoms with Gasteiger partial charge in [0.1, 0.15) is 6.10 Å². The van der Waals surface area contributed by atoms with Crippen LogP contribution in [0.15, 0.2) is 12.2 Å². The SMILES string of the molecule is C/C=C/C(=O)OC(C(C)C)C(C)CC. The molecule has 0 bridgehead atoms. The maximum Gasteiger partial charge on any atom is 0.330 e. The van der Waals surface area contributed by atoms with Gasteiger partial charge in [0.2, 0.25) is 0 Å². The highest BCUT2D eigenvalue weighted by atomic mass is 16.5. The van der Waals surface area contributed by atoms with Crippen LogP contribution in [0.1, 0.15) is 41.0 Å². The van der Waals surface area contributed by atoms with Crippen molar-refractivity contribution in [3.8, 4) is 0 Å². The van der Waals surface area contributed by atoms with Crippen molar-refractivity contribution in [2.45, 2.75) is 47.1 Å². The van der Waals surface area contributed by atoms with Gasteiger partial charge in [-0.25, -0.2) is 4.79 Å². The van der Waals surface area contributed by atoms with Crippen LogP contribution in [-0.2, 0) is 9.53 Å². The van der Waals surface area contributed by atoms with Crippen LogP contribution in [-0.4, -0.2) is 12.1 Å². The summed E-state index contributed by atoms with van der Waals surface area (Å²) in [5, 5.41) is 0. The number of rotatable bonds is 5. The summed E-state index contributed by atoms with van der Waals surface area (Å²) in [4.78, 5) is 11.3. The van der Waals surface area contributed by atoms with Crippen LogP contribution in [0.25, 0.3) is 0 Å².